The highest BCUT2D eigenvalue weighted by Crippen LogP contribution is 2.14. The lowest BCUT2D eigenvalue weighted by molar-refractivity contribution is -0.122. The van der Waals surface area contributed by atoms with Crippen molar-refractivity contribution in [2.45, 2.75) is 18.9 Å². The maximum absolute atomic E-state index is 12.1. The summed E-state index contributed by atoms with van der Waals surface area (Å²) in [6, 6.07) is 8.77. The summed E-state index contributed by atoms with van der Waals surface area (Å²) in [5, 5.41) is 2.69. The van der Waals surface area contributed by atoms with Crippen LogP contribution in [-0.2, 0) is 14.6 Å². The fourth-order valence-electron chi connectivity index (χ4n) is 1.92. The third-order valence-electron chi connectivity index (χ3n) is 2.70. The molecule has 0 aromatic heterocycles. The monoisotopic (exact) mass is 284 g/mol. The van der Waals surface area contributed by atoms with Gasteiger partial charge in [-0.1, -0.05) is 30.3 Å². The van der Waals surface area contributed by atoms with Gasteiger partial charge in [0.15, 0.2) is 0 Å². The molecule has 0 saturated carbocycles. The minimum Gasteiger partial charge on any atom is -0.352 e. The Kier molecular flexibility index (Phi) is 5.50. The van der Waals surface area contributed by atoms with Crippen LogP contribution in [0.2, 0.25) is 0 Å². The van der Waals surface area contributed by atoms with E-state index in [1.807, 2.05) is 30.3 Å². The van der Waals surface area contributed by atoms with Crippen molar-refractivity contribution in [2.75, 3.05) is 18.6 Å². The van der Waals surface area contributed by atoms with Gasteiger partial charge in [-0.25, -0.2) is 8.42 Å². The second-order valence-electron chi connectivity index (χ2n) is 4.70. The Morgan fingerprint density at radius 1 is 1.32 bits per heavy atom. The van der Waals surface area contributed by atoms with Crippen molar-refractivity contribution < 1.29 is 13.2 Å². The van der Waals surface area contributed by atoms with Crippen molar-refractivity contribution >= 4 is 15.7 Å². The number of amides is 1. The molecule has 2 unspecified atom stereocenters. The molecule has 3 N–H and O–H groups in total. The summed E-state index contributed by atoms with van der Waals surface area (Å²) in [6.07, 6.45) is 1.15. The van der Waals surface area contributed by atoms with Crippen molar-refractivity contribution in [1.82, 2.24) is 5.32 Å². The third-order valence-corrected chi connectivity index (χ3v) is 3.80. The third kappa shape index (κ3) is 5.40. The molecule has 0 radical (unpaired) electrons. The number of hydrogen-bond donors (Lipinski definition) is 2. The molecule has 0 saturated heterocycles. The van der Waals surface area contributed by atoms with Crippen LogP contribution in [0.5, 0.6) is 0 Å². The Morgan fingerprint density at radius 2 is 1.89 bits per heavy atom. The molecule has 0 fully saturated rings. The fraction of sp³-hybridized carbons (Fsp3) is 0.462. The molecule has 0 spiro atoms. The first-order valence-corrected chi connectivity index (χ1v) is 8.12. The highest BCUT2D eigenvalue weighted by Gasteiger charge is 2.21. The van der Waals surface area contributed by atoms with E-state index in [4.69, 9.17) is 5.73 Å². The number of carbonyl (C=O) groups is 1. The predicted molar refractivity (Wildman–Crippen MR) is 75.6 cm³/mol. The van der Waals surface area contributed by atoms with Crippen LogP contribution in [-0.4, -0.2) is 38.9 Å². The predicted octanol–water partition coefficient (Wildman–Crippen LogP) is 0.278. The van der Waals surface area contributed by atoms with Crippen molar-refractivity contribution in [2.24, 2.45) is 5.73 Å². The lowest BCUT2D eigenvalue weighted by Gasteiger charge is -2.19. The lowest BCUT2D eigenvalue weighted by atomic mass is 9.98. The molecule has 0 aliphatic carbocycles. The van der Waals surface area contributed by atoms with E-state index in [-0.39, 0.29) is 18.2 Å². The van der Waals surface area contributed by atoms with Crippen molar-refractivity contribution in [1.29, 1.82) is 0 Å². The quantitative estimate of drug-likeness (QED) is 0.785. The average Bonchev–Trinajstić information content (AvgIpc) is 2.28. The Morgan fingerprint density at radius 3 is 2.37 bits per heavy atom. The molecule has 19 heavy (non-hydrogen) atoms. The first-order chi connectivity index (χ1) is 8.83. The van der Waals surface area contributed by atoms with Gasteiger partial charge in [0.25, 0.3) is 0 Å². The number of benzene rings is 1. The topological polar surface area (TPSA) is 89.3 Å². The average molecular weight is 284 g/mol. The standard InChI is InChI=1S/C13H20N2O3S/c1-10(9-19(2,17)18)15-13(16)12(8-14)11-6-4-3-5-7-11/h3-7,10,12H,8-9,14H2,1-2H3,(H,15,16). The molecule has 0 heterocycles. The van der Waals surface area contributed by atoms with Gasteiger partial charge >= 0.3 is 0 Å². The van der Waals surface area contributed by atoms with Gasteiger partial charge in [-0.05, 0) is 12.5 Å². The van der Waals surface area contributed by atoms with Crippen LogP contribution in [0.25, 0.3) is 0 Å². The van der Waals surface area contributed by atoms with Crippen LogP contribution in [0.3, 0.4) is 0 Å². The zero-order valence-electron chi connectivity index (χ0n) is 11.2. The summed E-state index contributed by atoms with van der Waals surface area (Å²) in [5.41, 5.74) is 6.46. The SMILES string of the molecule is CC(CS(C)(=O)=O)NC(=O)C(CN)c1ccccc1. The van der Waals surface area contributed by atoms with E-state index in [2.05, 4.69) is 5.32 Å². The summed E-state index contributed by atoms with van der Waals surface area (Å²) in [5.74, 6) is -0.779. The molecular weight excluding hydrogens is 264 g/mol. The van der Waals surface area contributed by atoms with Crippen LogP contribution >= 0.6 is 0 Å². The van der Waals surface area contributed by atoms with Crippen LogP contribution in [0, 0.1) is 0 Å². The molecule has 1 aromatic carbocycles. The first kappa shape index (κ1) is 15.7. The van der Waals surface area contributed by atoms with E-state index >= 15 is 0 Å². The number of carbonyl (C=O) groups excluding carboxylic acids is 1. The van der Waals surface area contributed by atoms with E-state index in [0.29, 0.717) is 0 Å². The van der Waals surface area contributed by atoms with Gasteiger partial charge < -0.3 is 11.1 Å². The smallest absolute Gasteiger partial charge is 0.229 e. The Bertz CT molecular complexity index is 514. The Labute approximate surface area is 114 Å². The van der Waals surface area contributed by atoms with Gasteiger partial charge in [-0.3, -0.25) is 4.79 Å². The number of nitrogens with two attached hydrogens (primary N) is 1. The fourth-order valence-corrected chi connectivity index (χ4v) is 2.91. The Hall–Kier alpha value is -1.40. The first-order valence-electron chi connectivity index (χ1n) is 6.06. The van der Waals surface area contributed by atoms with Gasteiger partial charge in [0.2, 0.25) is 5.91 Å². The highest BCUT2D eigenvalue weighted by atomic mass is 32.2. The normalized spacial score (nSPS) is 14.7. The number of rotatable bonds is 6. The summed E-state index contributed by atoms with van der Waals surface area (Å²) in [4.78, 5) is 12.1. The van der Waals surface area contributed by atoms with E-state index < -0.39 is 21.8 Å². The van der Waals surface area contributed by atoms with E-state index in [9.17, 15) is 13.2 Å². The van der Waals surface area contributed by atoms with Gasteiger partial charge in [0, 0.05) is 18.8 Å². The van der Waals surface area contributed by atoms with Gasteiger partial charge in [-0.15, -0.1) is 0 Å². The molecule has 0 aliphatic heterocycles. The summed E-state index contributed by atoms with van der Waals surface area (Å²) < 4.78 is 22.3. The molecule has 0 aliphatic rings. The second kappa shape index (κ2) is 6.68. The zero-order valence-corrected chi connectivity index (χ0v) is 12.0. The number of hydrogen-bond acceptors (Lipinski definition) is 4. The molecule has 1 amide bonds. The maximum atomic E-state index is 12.1. The highest BCUT2D eigenvalue weighted by molar-refractivity contribution is 7.90. The molecular formula is C13H20N2O3S. The summed E-state index contributed by atoms with van der Waals surface area (Å²) >= 11 is 0. The van der Waals surface area contributed by atoms with E-state index in [1.54, 1.807) is 6.92 Å². The Balaban J connectivity index is 2.70. The van der Waals surface area contributed by atoms with Gasteiger partial charge in [-0.2, -0.15) is 0 Å². The molecule has 0 bridgehead atoms. The number of sulfone groups is 1. The van der Waals surface area contributed by atoms with Crippen LogP contribution in [0.1, 0.15) is 18.4 Å². The zero-order chi connectivity index (χ0) is 14.5. The van der Waals surface area contributed by atoms with Crippen molar-refractivity contribution in [3.8, 4) is 0 Å². The van der Waals surface area contributed by atoms with Crippen LogP contribution in [0.4, 0.5) is 0 Å². The summed E-state index contributed by atoms with van der Waals surface area (Å²) in [6.45, 7) is 1.85. The largest absolute Gasteiger partial charge is 0.352 e. The van der Waals surface area contributed by atoms with Gasteiger partial charge in [0.1, 0.15) is 9.84 Å². The second-order valence-corrected chi connectivity index (χ2v) is 6.89. The minimum absolute atomic E-state index is 0.0786. The molecule has 2 atom stereocenters. The van der Waals surface area contributed by atoms with E-state index in [0.717, 1.165) is 11.8 Å². The van der Waals surface area contributed by atoms with Crippen LogP contribution < -0.4 is 11.1 Å². The molecule has 106 valence electrons. The molecule has 1 rings (SSSR count). The number of nitrogens with one attached hydrogen (secondary N) is 1. The minimum atomic E-state index is -3.11. The molecule has 1 aromatic rings. The lowest BCUT2D eigenvalue weighted by Crippen LogP contribution is -2.41. The van der Waals surface area contributed by atoms with Crippen molar-refractivity contribution in [3.63, 3.8) is 0 Å². The van der Waals surface area contributed by atoms with Gasteiger partial charge in [0.05, 0.1) is 11.7 Å². The van der Waals surface area contributed by atoms with E-state index in [1.165, 1.54) is 0 Å². The molecule has 6 heteroatoms. The maximum Gasteiger partial charge on any atom is 0.229 e. The van der Waals surface area contributed by atoms with Crippen LogP contribution in [0.15, 0.2) is 30.3 Å². The molecule has 5 nitrogen and oxygen atoms in total. The van der Waals surface area contributed by atoms with Crippen molar-refractivity contribution in [3.05, 3.63) is 35.9 Å². The summed E-state index contributed by atoms with van der Waals surface area (Å²) in [7, 11) is -3.11.